The summed E-state index contributed by atoms with van der Waals surface area (Å²) in [5.41, 5.74) is 4.40. The van der Waals surface area contributed by atoms with Gasteiger partial charge >= 0.3 is 5.97 Å². The molecule has 3 aromatic rings. The Balaban J connectivity index is 1.82. The van der Waals surface area contributed by atoms with E-state index in [1.807, 2.05) is 36.5 Å². The van der Waals surface area contributed by atoms with E-state index in [0.717, 1.165) is 28.5 Å². The Morgan fingerprint density at radius 2 is 1.74 bits per heavy atom. The Morgan fingerprint density at radius 1 is 1.04 bits per heavy atom. The topological polar surface area (TPSA) is 52.8 Å². The molecule has 0 spiro atoms. The third-order valence-electron chi connectivity index (χ3n) is 4.16. The van der Waals surface area contributed by atoms with Crippen molar-refractivity contribution >= 4 is 17.9 Å². The summed E-state index contributed by atoms with van der Waals surface area (Å²) in [5.74, 6) is 0.498. The van der Waals surface area contributed by atoms with E-state index in [-0.39, 0.29) is 5.97 Å². The summed E-state index contributed by atoms with van der Waals surface area (Å²) < 4.78 is 12.3. The van der Waals surface area contributed by atoms with E-state index in [1.165, 1.54) is 0 Å². The molecule has 27 heavy (non-hydrogen) atoms. The monoisotopic (exact) mass is 362 g/mol. The van der Waals surface area contributed by atoms with Crippen LogP contribution in [0.5, 0.6) is 5.75 Å². The van der Waals surface area contributed by atoms with Gasteiger partial charge in [-0.15, -0.1) is 0 Å². The molecule has 0 N–H and O–H groups in total. The van der Waals surface area contributed by atoms with Crippen LogP contribution in [0.1, 0.15) is 28.7 Å². The van der Waals surface area contributed by atoms with Crippen molar-refractivity contribution in [2.75, 3.05) is 13.7 Å². The highest BCUT2D eigenvalue weighted by molar-refractivity contribution is 5.90. The number of aliphatic imine (C=N–C) groups is 1. The van der Waals surface area contributed by atoms with Gasteiger partial charge in [0.1, 0.15) is 5.75 Å². The van der Waals surface area contributed by atoms with Gasteiger partial charge < -0.3 is 14.0 Å². The van der Waals surface area contributed by atoms with Crippen molar-refractivity contribution < 1.29 is 14.3 Å². The van der Waals surface area contributed by atoms with Crippen molar-refractivity contribution in [1.82, 2.24) is 4.57 Å². The summed E-state index contributed by atoms with van der Waals surface area (Å²) in [7, 11) is 1.65. The number of aromatic nitrogens is 1. The van der Waals surface area contributed by atoms with Crippen LogP contribution in [-0.4, -0.2) is 30.5 Å². The summed E-state index contributed by atoms with van der Waals surface area (Å²) >= 11 is 0. The molecule has 0 radical (unpaired) electrons. The van der Waals surface area contributed by atoms with Crippen molar-refractivity contribution in [2.24, 2.45) is 4.99 Å². The predicted octanol–water partition coefficient (Wildman–Crippen LogP) is 4.72. The first-order valence-corrected chi connectivity index (χ1v) is 8.76. The van der Waals surface area contributed by atoms with E-state index >= 15 is 0 Å². The number of benzene rings is 2. The zero-order valence-corrected chi connectivity index (χ0v) is 15.7. The maximum absolute atomic E-state index is 11.7. The molecule has 5 nitrogen and oxygen atoms in total. The Labute approximate surface area is 158 Å². The van der Waals surface area contributed by atoms with Crippen LogP contribution < -0.4 is 4.74 Å². The van der Waals surface area contributed by atoms with Crippen molar-refractivity contribution in [3.05, 3.63) is 77.6 Å². The number of hydrogen-bond acceptors (Lipinski definition) is 4. The lowest BCUT2D eigenvalue weighted by Crippen LogP contribution is -2.03. The van der Waals surface area contributed by atoms with E-state index in [0.29, 0.717) is 12.2 Å². The molecule has 0 atom stereocenters. The lowest BCUT2D eigenvalue weighted by atomic mass is 10.2. The maximum Gasteiger partial charge on any atom is 0.338 e. The van der Waals surface area contributed by atoms with Crippen LogP contribution in [0.3, 0.4) is 0 Å². The first-order chi connectivity index (χ1) is 13.1. The van der Waals surface area contributed by atoms with Gasteiger partial charge in [-0.2, -0.15) is 0 Å². The van der Waals surface area contributed by atoms with Crippen LogP contribution in [-0.2, 0) is 4.74 Å². The number of rotatable bonds is 6. The first kappa shape index (κ1) is 18.5. The largest absolute Gasteiger partial charge is 0.497 e. The number of aryl methyl sites for hydroxylation is 1. The molecule has 0 saturated carbocycles. The van der Waals surface area contributed by atoms with Gasteiger partial charge in [-0.05, 0) is 74.5 Å². The van der Waals surface area contributed by atoms with Gasteiger partial charge in [-0.25, -0.2) is 4.79 Å². The molecule has 0 fully saturated rings. The molecule has 5 heteroatoms. The lowest BCUT2D eigenvalue weighted by Gasteiger charge is -2.10. The Hall–Kier alpha value is -3.34. The third kappa shape index (κ3) is 4.26. The van der Waals surface area contributed by atoms with E-state index in [1.54, 1.807) is 38.3 Å². The zero-order chi connectivity index (χ0) is 19.2. The molecule has 1 heterocycles. The van der Waals surface area contributed by atoms with Gasteiger partial charge in [-0.3, -0.25) is 4.99 Å². The molecule has 0 unspecified atom stereocenters. The molecule has 0 aliphatic heterocycles. The molecule has 3 rings (SSSR count). The summed E-state index contributed by atoms with van der Waals surface area (Å²) in [6.45, 7) is 4.20. The molecular weight excluding hydrogens is 340 g/mol. The minimum atomic E-state index is -0.322. The minimum absolute atomic E-state index is 0.322. The second kappa shape index (κ2) is 8.36. The lowest BCUT2D eigenvalue weighted by molar-refractivity contribution is 0.0526. The van der Waals surface area contributed by atoms with Crippen LogP contribution in [0.15, 0.2) is 65.7 Å². The van der Waals surface area contributed by atoms with Gasteiger partial charge in [0, 0.05) is 11.4 Å². The van der Waals surface area contributed by atoms with E-state index in [4.69, 9.17) is 9.47 Å². The number of carbonyl (C=O) groups is 1. The van der Waals surface area contributed by atoms with Crippen LogP contribution >= 0.6 is 0 Å². The first-order valence-electron chi connectivity index (χ1n) is 8.76. The van der Waals surface area contributed by atoms with Gasteiger partial charge in [-0.1, -0.05) is 0 Å². The van der Waals surface area contributed by atoms with Gasteiger partial charge in [0.25, 0.3) is 0 Å². The molecule has 0 aliphatic rings. The summed E-state index contributed by atoms with van der Waals surface area (Å²) in [5, 5.41) is 0. The van der Waals surface area contributed by atoms with Crippen LogP contribution in [0.4, 0.5) is 5.69 Å². The second-order valence-corrected chi connectivity index (χ2v) is 5.96. The van der Waals surface area contributed by atoms with Gasteiger partial charge in [0.15, 0.2) is 0 Å². The van der Waals surface area contributed by atoms with E-state index in [9.17, 15) is 4.79 Å². The smallest absolute Gasteiger partial charge is 0.338 e. The van der Waals surface area contributed by atoms with Crippen LogP contribution in [0.2, 0.25) is 0 Å². The van der Waals surface area contributed by atoms with E-state index < -0.39 is 0 Å². The summed E-state index contributed by atoms with van der Waals surface area (Å²) in [6.07, 6.45) is 1.82. The summed E-state index contributed by atoms with van der Waals surface area (Å²) in [4.78, 5) is 16.2. The highest BCUT2D eigenvalue weighted by Crippen LogP contribution is 2.20. The molecule has 0 amide bonds. The average Bonchev–Trinajstić information content (AvgIpc) is 3.07. The van der Waals surface area contributed by atoms with Gasteiger partial charge in [0.2, 0.25) is 0 Å². The fourth-order valence-electron chi connectivity index (χ4n) is 2.78. The summed E-state index contributed by atoms with van der Waals surface area (Å²) in [6, 6.07) is 19.0. The number of esters is 1. The standard InChI is InChI=1S/C22H22N2O3/c1-4-27-22(25)17-6-8-18(9-7-17)23-15-20-10-5-16(2)24(20)19-11-13-21(26-3)14-12-19/h5-15H,4H2,1-3H3. The number of nitrogens with zero attached hydrogens (tertiary/aromatic N) is 2. The molecule has 0 saturated heterocycles. The zero-order valence-electron chi connectivity index (χ0n) is 15.7. The van der Waals surface area contributed by atoms with Crippen molar-refractivity contribution in [2.45, 2.75) is 13.8 Å². The molecule has 0 aliphatic carbocycles. The highest BCUT2D eigenvalue weighted by atomic mass is 16.5. The Morgan fingerprint density at radius 3 is 2.37 bits per heavy atom. The fraction of sp³-hybridized carbons (Fsp3) is 0.182. The quantitative estimate of drug-likeness (QED) is 0.471. The molecule has 138 valence electrons. The molecule has 1 aromatic heterocycles. The SMILES string of the molecule is CCOC(=O)c1ccc(N=Cc2ccc(C)n2-c2ccc(OC)cc2)cc1. The Bertz CT molecular complexity index is 939. The van der Waals surface area contributed by atoms with Gasteiger partial charge in [0.05, 0.1) is 36.9 Å². The average molecular weight is 362 g/mol. The van der Waals surface area contributed by atoms with Crippen LogP contribution in [0, 0.1) is 6.92 Å². The third-order valence-corrected chi connectivity index (χ3v) is 4.16. The van der Waals surface area contributed by atoms with Crippen molar-refractivity contribution in [3.63, 3.8) is 0 Å². The van der Waals surface area contributed by atoms with E-state index in [2.05, 4.69) is 22.5 Å². The predicted molar refractivity (Wildman–Crippen MR) is 107 cm³/mol. The Kier molecular flexibility index (Phi) is 5.71. The number of ether oxygens (including phenoxy) is 2. The van der Waals surface area contributed by atoms with Crippen molar-refractivity contribution in [1.29, 1.82) is 0 Å². The number of carbonyl (C=O) groups excluding carboxylic acids is 1. The van der Waals surface area contributed by atoms with Crippen molar-refractivity contribution in [3.8, 4) is 11.4 Å². The molecular formula is C22H22N2O3. The second-order valence-electron chi connectivity index (χ2n) is 5.96. The maximum atomic E-state index is 11.7. The molecule has 0 bridgehead atoms. The fourth-order valence-corrected chi connectivity index (χ4v) is 2.78. The number of methoxy groups -OCH3 is 1. The minimum Gasteiger partial charge on any atom is -0.497 e. The highest BCUT2D eigenvalue weighted by Gasteiger charge is 2.07. The number of hydrogen-bond donors (Lipinski definition) is 0. The normalized spacial score (nSPS) is 10.9. The van der Waals surface area contributed by atoms with Crippen LogP contribution in [0.25, 0.3) is 5.69 Å². The molecule has 2 aromatic carbocycles.